The molecule has 10 heteroatoms. The Morgan fingerprint density at radius 1 is 1.00 bits per heavy atom. The smallest absolute Gasteiger partial charge is 0.550 e. The molecule has 5 N–H and O–H groups in total. The Morgan fingerprint density at radius 3 is 1.38 bits per heavy atom. The molecule has 0 aliphatic heterocycles. The third-order valence-electron chi connectivity index (χ3n) is 1.25. The second-order valence-corrected chi connectivity index (χ2v) is 2.42. The Morgan fingerprint density at radius 2 is 1.25 bits per heavy atom. The van der Waals surface area contributed by atoms with E-state index in [1.54, 1.807) is 0 Å². The minimum atomic E-state index is -2.97. The summed E-state index contributed by atoms with van der Waals surface area (Å²) in [6.45, 7) is 0. The van der Waals surface area contributed by atoms with E-state index in [1.807, 2.05) is 0 Å². The summed E-state index contributed by atoms with van der Waals surface area (Å²) in [6, 6.07) is 0. The van der Waals surface area contributed by atoms with Crippen LogP contribution in [0.4, 0.5) is 0 Å². The van der Waals surface area contributed by atoms with Gasteiger partial charge in [0.1, 0.15) is 5.60 Å². The van der Waals surface area contributed by atoms with E-state index >= 15 is 0 Å². The van der Waals surface area contributed by atoms with E-state index in [0.717, 1.165) is 0 Å². The third kappa shape index (κ3) is 9.77. The van der Waals surface area contributed by atoms with Crippen molar-refractivity contribution in [3.05, 3.63) is 0 Å². The molecule has 0 aromatic carbocycles. The van der Waals surface area contributed by atoms with Crippen molar-refractivity contribution < 1.29 is 105 Å². The molecule has 0 radical (unpaired) electrons. The first-order valence-corrected chi connectivity index (χ1v) is 3.11. The van der Waals surface area contributed by atoms with Gasteiger partial charge in [-0.15, -0.1) is 0 Å². The zero-order chi connectivity index (χ0) is 10.6. The average Bonchev–Trinajstić information content (AvgIpc) is 1.82. The fraction of sp³-hybridized carbons (Fsp3) is 0.500. The second-order valence-electron chi connectivity index (χ2n) is 2.42. The van der Waals surface area contributed by atoms with Crippen molar-refractivity contribution in [3.63, 3.8) is 0 Å². The predicted molar refractivity (Wildman–Crippen MR) is 35.2 cm³/mol. The van der Waals surface area contributed by atoms with E-state index in [-0.39, 0.29) is 76.4 Å². The molecule has 0 fully saturated rings. The van der Waals surface area contributed by atoms with Crippen molar-refractivity contribution >= 4 is 17.9 Å². The van der Waals surface area contributed by atoms with E-state index in [1.165, 1.54) is 0 Å². The van der Waals surface area contributed by atoms with Crippen LogP contribution in [0.25, 0.3) is 0 Å². The van der Waals surface area contributed by atoms with Crippen LogP contribution in [-0.4, -0.2) is 28.6 Å². The van der Waals surface area contributed by atoms with Gasteiger partial charge in [-0.3, -0.25) is 0 Å². The number of carbonyl (C=O) groups is 3. The van der Waals surface area contributed by atoms with Gasteiger partial charge in [0.05, 0.1) is 5.97 Å². The van der Waals surface area contributed by atoms with Gasteiger partial charge in [0.25, 0.3) is 0 Å². The number of hydrogen-bond acceptors (Lipinski definition) is 7. The molecule has 0 saturated carbocycles. The van der Waals surface area contributed by atoms with Crippen LogP contribution >= 0.6 is 0 Å². The molecule has 0 heterocycles. The van der Waals surface area contributed by atoms with Crippen molar-refractivity contribution in [1.29, 1.82) is 0 Å². The van der Waals surface area contributed by atoms with Crippen LogP contribution < -0.4 is 91.7 Å². The van der Waals surface area contributed by atoms with Gasteiger partial charge < -0.3 is 41.0 Å². The maximum absolute atomic E-state index is 10.1. The molecule has 82 valence electrons. The van der Waals surface area contributed by atoms with Crippen molar-refractivity contribution in [1.82, 2.24) is 6.15 Å². The van der Waals surface area contributed by atoms with Crippen LogP contribution in [0.5, 0.6) is 0 Å². The van der Waals surface area contributed by atoms with E-state index in [9.17, 15) is 29.7 Å². The topological polar surface area (TPSA) is 177 Å². The van der Waals surface area contributed by atoms with E-state index in [2.05, 4.69) is 0 Å². The van der Waals surface area contributed by atoms with Gasteiger partial charge in [-0.1, -0.05) is 0 Å². The zero-order valence-corrected chi connectivity index (χ0v) is 12.4. The summed E-state index contributed by atoms with van der Waals surface area (Å²) >= 11 is 0. The number of aliphatic hydroxyl groups is 1. The monoisotopic (exact) mass is 253 g/mol. The molecule has 0 aromatic heterocycles. The summed E-state index contributed by atoms with van der Waals surface area (Å²) in [4.78, 5) is 30.0. The van der Waals surface area contributed by atoms with Gasteiger partial charge in [-0.2, -0.15) is 0 Å². The molecule has 0 bridgehead atoms. The van der Waals surface area contributed by atoms with Crippen molar-refractivity contribution in [2.75, 3.05) is 0 Å². The SMILES string of the molecule is O=C([O-])CC(O)(CC(=O)[O-])C(=O)[O-].[K+].[Li+].[NH4+]. The summed E-state index contributed by atoms with van der Waals surface area (Å²) in [5.41, 5.74) is -2.97. The van der Waals surface area contributed by atoms with Crippen LogP contribution in [-0.2, 0) is 14.4 Å². The fourth-order valence-electron chi connectivity index (χ4n) is 0.684. The Hall–Kier alpha value is 0.564. The molecule has 0 amide bonds. The van der Waals surface area contributed by atoms with Crippen molar-refractivity contribution in [3.8, 4) is 0 Å². The molecule has 0 aliphatic carbocycles. The molecular formula is C6H9KLiNO7. The van der Waals surface area contributed by atoms with Gasteiger partial charge in [0.2, 0.25) is 0 Å². The van der Waals surface area contributed by atoms with Gasteiger partial charge in [0, 0.05) is 24.8 Å². The Labute approximate surface area is 146 Å². The second kappa shape index (κ2) is 10.7. The predicted octanol–water partition coefficient (Wildman–Crippen LogP) is -10.9. The van der Waals surface area contributed by atoms with Crippen molar-refractivity contribution in [2.45, 2.75) is 18.4 Å². The van der Waals surface area contributed by atoms with Gasteiger partial charge >= 0.3 is 70.2 Å². The van der Waals surface area contributed by atoms with Crippen LogP contribution in [0, 0.1) is 0 Å². The number of carboxylic acids is 3. The van der Waals surface area contributed by atoms with E-state index in [0.29, 0.717) is 0 Å². The first-order chi connectivity index (χ1) is 5.78. The summed E-state index contributed by atoms with van der Waals surface area (Å²) in [5.74, 6) is -5.98. The summed E-state index contributed by atoms with van der Waals surface area (Å²) < 4.78 is 0. The molecule has 0 saturated heterocycles. The Balaban J connectivity index is -0.000000240. The minimum Gasteiger partial charge on any atom is -0.550 e. The molecule has 16 heavy (non-hydrogen) atoms. The molecule has 0 unspecified atom stereocenters. The molecule has 0 rings (SSSR count). The summed E-state index contributed by atoms with van der Waals surface area (Å²) in [7, 11) is 0. The fourth-order valence-corrected chi connectivity index (χ4v) is 0.684. The first kappa shape index (κ1) is 25.4. The number of hydrogen-bond donors (Lipinski definition) is 2. The number of carbonyl (C=O) groups excluding carboxylic acids is 3. The number of rotatable bonds is 5. The van der Waals surface area contributed by atoms with Gasteiger partial charge in [-0.05, 0) is 0 Å². The first-order valence-electron chi connectivity index (χ1n) is 3.11. The normalized spacial score (nSPS) is 8.81. The standard InChI is InChI=1S/C6H8O7.K.Li.H3N/c7-3(8)1-6(13,5(11)12)2-4(9)10;;;/h13H,1-2H2,(H,7,8)(H,9,10)(H,11,12);;;1H3/q;2*+1;/p-2. The minimum absolute atomic E-state index is 0. The largest absolute Gasteiger partial charge is 1.00 e. The molecule has 0 aliphatic rings. The zero-order valence-electron chi connectivity index (χ0n) is 9.31. The van der Waals surface area contributed by atoms with E-state index in [4.69, 9.17) is 5.11 Å². The van der Waals surface area contributed by atoms with Crippen LogP contribution in [0.2, 0.25) is 0 Å². The third-order valence-corrected chi connectivity index (χ3v) is 1.25. The van der Waals surface area contributed by atoms with Crippen LogP contribution in [0.1, 0.15) is 12.8 Å². The van der Waals surface area contributed by atoms with Crippen LogP contribution in [0.15, 0.2) is 0 Å². The average molecular weight is 253 g/mol. The number of carboxylic acid groups (broad SMARTS) is 3. The Bertz CT molecular complexity index is 243. The summed E-state index contributed by atoms with van der Waals surface area (Å²) in [5, 5.41) is 38.9. The molecule has 0 aromatic rings. The summed E-state index contributed by atoms with van der Waals surface area (Å²) in [6.07, 6.45) is -2.72. The van der Waals surface area contributed by atoms with Crippen LogP contribution in [0.3, 0.4) is 0 Å². The molecule has 0 atom stereocenters. The van der Waals surface area contributed by atoms with E-state index < -0.39 is 36.4 Å². The van der Waals surface area contributed by atoms with Gasteiger partial charge in [0.15, 0.2) is 0 Å². The molecule has 8 nitrogen and oxygen atoms in total. The maximum atomic E-state index is 10.1. The van der Waals surface area contributed by atoms with Crippen molar-refractivity contribution in [2.24, 2.45) is 0 Å². The van der Waals surface area contributed by atoms with Gasteiger partial charge in [-0.25, -0.2) is 0 Å². The quantitative estimate of drug-likeness (QED) is 0.456. The molecular weight excluding hydrogens is 244 g/mol. The number of aliphatic carboxylic acids is 3. The molecule has 0 spiro atoms. The Kier molecular flexibility index (Phi) is 17.0. The number of quaternary nitrogens is 1. The maximum Gasteiger partial charge on any atom is 1.00 e.